The average Bonchev–Trinajstić information content (AvgIpc) is 3.12. The zero-order valence-corrected chi connectivity index (χ0v) is 20.2. The van der Waals surface area contributed by atoms with Gasteiger partial charge in [-0.2, -0.15) is 0 Å². The first-order valence-corrected chi connectivity index (χ1v) is 11.7. The number of halogens is 1. The van der Waals surface area contributed by atoms with Gasteiger partial charge in [-0.15, -0.1) is 0 Å². The number of ether oxygens (including phenoxy) is 3. The number of hydrogen-bond acceptors (Lipinski definition) is 7. The van der Waals surface area contributed by atoms with E-state index in [4.69, 9.17) is 25.8 Å². The molecule has 178 valence electrons. The molecule has 35 heavy (non-hydrogen) atoms. The van der Waals surface area contributed by atoms with E-state index in [1.54, 1.807) is 86.0 Å². The van der Waals surface area contributed by atoms with E-state index in [1.807, 2.05) is 0 Å². The molecule has 2 amide bonds. The van der Waals surface area contributed by atoms with Crippen LogP contribution in [-0.2, 0) is 4.79 Å². The van der Waals surface area contributed by atoms with Crippen LogP contribution in [0.4, 0.5) is 4.79 Å². The molecule has 9 heteroatoms. The van der Waals surface area contributed by atoms with E-state index >= 15 is 0 Å². The van der Waals surface area contributed by atoms with Crippen molar-refractivity contribution in [1.82, 2.24) is 4.90 Å². The lowest BCUT2D eigenvalue weighted by Crippen LogP contribution is -2.32. The number of carbonyl (C=O) groups is 3. The Hall–Kier alpha value is -3.75. The van der Waals surface area contributed by atoms with Crippen molar-refractivity contribution in [3.63, 3.8) is 0 Å². The number of nitrogens with zero attached hydrogens (tertiary/aromatic N) is 1. The fourth-order valence-electron chi connectivity index (χ4n) is 3.21. The maximum Gasteiger partial charge on any atom is 0.343 e. The number of esters is 1. The third-order valence-corrected chi connectivity index (χ3v) is 6.19. The minimum atomic E-state index is -0.524. The number of thioether (sulfide) groups is 1. The summed E-state index contributed by atoms with van der Waals surface area (Å²) in [5.41, 5.74) is 0.985. The molecule has 0 unspecified atom stereocenters. The molecule has 0 bridgehead atoms. The maximum absolute atomic E-state index is 12.8. The van der Waals surface area contributed by atoms with Crippen molar-refractivity contribution in [1.29, 1.82) is 0 Å². The molecule has 7 nitrogen and oxygen atoms in total. The molecule has 1 fully saturated rings. The molecule has 1 heterocycles. The average molecular weight is 510 g/mol. The van der Waals surface area contributed by atoms with E-state index in [9.17, 15) is 14.4 Å². The first-order valence-electron chi connectivity index (χ1n) is 10.5. The van der Waals surface area contributed by atoms with Crippen molar-refractivity contribution in [2.75, 3.05) is 20.3 Å². The van der Waals surface area contributed by atoms with Crippen LogP contribution in [0.2, 0.25) is 5.02 Å². The lowest BCUT2D eigenvalue weighted by molar-refractivity contribution is -0.123. The number of amides is 2. The van der Waals surface area contributed by atoms with E-state index in [-0.39, 0.29) is 23.3 Å². The predicted molar refractivity (Wildman–Crippen MR) is 134 cm³/mol. The van der Waals surface area contributed by atoms with Gasteiger partial charge >= 0.3 is 5.97 Å². The summed E-state index contributed by atoms with van der Waals surface area (Å²) in [6.07, 6.45) is 1.59. The fourth-order valence-corrected chi connectivity index (χ4v) is 4.27. The highest BCUT2D eigenvalue weighted by molar-refractivity contribution is 8.18. The van der Waals surface area contributed by atoms with Crippen LogP contribution in [0.3, 0.4) is 0 Å². The minimum absolute atomic E-state index is 0.0900. The minimum Gasteiger partial charge on any atom is -0.497 e. The summed E-state index contributed by atoms with van der Waals surface area (Å²) in [5.74, 6) is 0.490. The molecule has 1 saturated heterocycles. The topological polar surface area (TPSA) is 82.1 Å². The third-order valence-electron chi connectivity index (χ3n) is 4.97. The molecule has 0 atom stereocenters. The van der Waals surface area contributed by atoms with Gasteiger partial charge in [-0.3, -0.25) is 14.5 Å². The Morgan fingerprint density at radius 2 is 1.77 bits per heavy atom. The van der Waals surface area contributed by atoms with Crippen LogP contribution in [0, 0.1) is 0 Å². The summed E-state index contributed by atoms with van der Waals surface area (Å²) in [5, 5.41) is 0.0696. The molecule has 0 saturated carbocycles. The molecular formula is C26H20ClNO6S. The molecule has 1 aliphatic heterocycles. The van der Waals surface area contributed by atoms with Gasteiger partial charge in [0.2, 0.25) is 0 Å². The number of hydrogen-bond donors (Lipinski definition) is 0. The maximum atomic E-state index is 12.8. The predicted octanol–water partition coefficient (Wildman–Crippen LogP) is 5.68. The Morgan fingerprint density at radius 1 is 1.00 bits per heavy atom. The van der Waals surface area contributed by atoms with Crippen molar-refractivity contribution in [2.45, 2.75) is 0 Å². The summed E-state index contributed by atoms with van der Waals surface area (Å²) in [4.78, 5) is 39.0. The lowest BCUT2D eigenvalue weighted by atomic mass is 10.2. The number of methoxy groups -OCH3 is 1. The van der Waals surface area contributed by atoms with E-state index < -0.39 is 11.9 Å². The van der Waals surface area contributed by atoms with Crippen molar-refractivity contribution >= 4 is 46.6 Å². The van der Waals surface area contributed by atoms with Gasteiger partial charge in [0.05, 0.1) is 29.1 Å². The van der Waals surface area contributed by atoms with Crippen LogP contribution in [0.1, 0.15) is 15.9 Å². The SMILES string of the molecule is COc1ccc(C(=O)Oc2cccc(/C=C3\SC(=O)N(CCOc4ccccc4Cl)C3=O)c2)cc1. The van der Waals surface area contributed by atoms with Crippen molar-refractivity contribution in [3.8, 4) is 17.2 Å². The van der Waals surface area contributed by atoms with E-state index in [2.05, 4.69) is 0 Å². The molecular weight excluding hydrogens is 490 g/mol. The number of imide groups is 1. The molecule has 3 aromatic rings. The third kappa shape index (κ3) is 6.03. The summed E-state index contributed by atoms with van der Waals surface area (Å²) >= 11 is 6.90. The van der Waals surface area contributed by atoms with Gasteiger partial charge in [0.25, 0.3) is 11.1 Å². The van der Waals surface area contributed by atoms with Gasteiger partial charge in [-0.25, -0.2) is 4.79 Å². The van der Waals surface area contributed by atoms with Gasteiger partial charge in [0.15, 0.2) is 0 Å². The first-order chi connectivity index (χ1) is 16.9. The molecule has 0 radical (unpaired) electrons. The second kappa shape index (κ2) is 11.1. The highest BCUT2D eigenvalue weighted by Crippen LogP contribution is 2.33. The smallest absolute Gasteiger partial charge is 0.343 e. The Morgan fingerprint density at radius 3 is 2.51 bits per heavy atom. The normalized spacial score (nSPS) is 14.3. The van der Waals surface area contributed by atoms with Crippen LogP contribution >= 0.6 is 23.4 Å². The highest BCUT2D eigenvalue weighted by Gasteiger charge is 2.34. The molecule has 0 aliphatic carbocycles. The van der Waals surface area contributed by atoms with E-state index in [1.165, 1.54) is 0 Å². The number of rotatable bonds is 8. The van der Waals surface area contributed by atoms with Gasteiger partial charge in [-0.1, -0.05) is 35.9 Å². The summed E-state index contributed by atoms with van der Waals surface area (Å²) in [7, 11) is 1.54. The zero-order chi connectivity index (χ0) is 24.8. The van der Waals surface area contributed by atoms with Crippen LogP contribution in [0.25, 0.3) is 6.08 Å². The van der Waals surface area contributed by atoms with Crippen LogP contribution < -0.4 is 14.2 Å². The summed E-state index contributed by atoms with van der Waals surface area (Å²) in [6, 6.07) is 20.2. The monoisotopic (exact) mass is 509 g/mol. The zero-order valence-electron chi connectivity index (χ0n) is 18.6. The standard InChI is InChI=1S/C26H20ClNO6S/c1-32-19-11-9-18(10-12-19)25(30)34-20-6-4-5-17(15-20)16-23-24(29)28(26(31)35-23)13-14-33-22-8-3-2-7-21(22)27/h2-12,15-16H,13-14H2,1H3/b23-16-. The fraction of sp³-hybridized carbons (Fsp3) is 0.115. The summed E-state index contributed by atoms with van der Waals surface area (Å²) < 4.78 is 16.1. The van der Waals surface area contributed by atoms with Gasteiger partial charge < -0.3 is 14.2 Å². The molecule has 0 aromatic heterocycles. The molecule has 0 spiro atoms. The highest BCUT2D eigenvalue weighted by atomic mass is 35.5. The van der Waals surface area contributed by atoms with Gasteiger partial charge in [-0.05, 0) is 71.9 Å². The molecule has 0 N–H and O–H groups in total. The lowest BCUT2D eigenvalue weighted by Gasteiger charge is -2.13. The number of benzene rings is 3. The molecule has 4 rings (SSSR count). The quantitative estimate of drug-likeness (QED) is 0.219. The largest absolute Gasteiger partial charge is 0.497 e. The van der Waals surface area contributed by atoms with E-state index in [0.29, 0.717) is 33.4 Å². The van der Waals surface area contributed by atoms with Crippen LogP contribution in [-0.4, -0.2) is 42.3 Å². The van der Waals surface area contributed by atoms with Crippen LogP contribution in [0.15, 0.2) is 77.7 Å². The number of carbonyl (C=O) groups excluding carboxylic acids is 3. The van der Waals surface area contributed by atoms with Crippen molar-refractivity contribution < 1.29 is 28.6 Å². The van der Waals surface area contributed by atoms with Crippen molar-refractivity contribution in [2.24, 2.45) is 0 Å². The first kappa shape index (κ1) is 24.4. The Bertz CT molecular complexity index is 1290. The van der Waals surface area contributed by atoms with Gasteiger partial charge in [0, 0.05) is 0 Å². The van der Waals surface area contributed by atoms with E-state index in [0.717, 1.165) is 16.7 Å². The van der Waals surface area contributed by atoms with Gasteiger partial charge in [0.1, 0.15) is 23.9 Å². The second-order valence-electron chi connectivity index (χ2n) is 7.30. The molecule has 3 aromatic carbocycles. The number of para-hydroxylation sites is 1. The Balaban J connectivity index is 1.39. The second-order valence-corrected chi connectivity index (χ2v) is 8.70. The van der Waals surface area contributed by atoms with Crippen LogP contribution in [0.5, 0.6) is 17.2 Å². The Kier molecular flexibility index (Phi) is 7.74. The summed E-state index contributed by atoms with van der Waals surface area (Å²) in [6.45, 7) is 0.207. The Labute approximate surface area is 211 Å². The molecule has 1 aliphatic rings. The van der Waals surface area contributed by atoms with Crippen molar-refractivity contribution in [3.05, 3.63) is 93.9 Å².